The number of amides is 1. The van der Waals surface area contributed by atoms with Gasteiger partial charge in [0, 0.05) is 30.8 Å². The molecule has 0 atom stereocenters. The molecule has 0 aliphatic carbocycles. The lowest BCUT2D eigenvalue weighted by Crippen LogP contribution is -2.17. The Morgan fingerprint density at radius 1 is 1.42 bits per heavy atom. The number of carbonyl (C=O) groups excluding carboxylic acids is 1. The maximum atomic E-state index is 11.9. The first-order valence-electron chi connectivity index (χ1n) is 5.65. The van der Waals surface area contributed by atoms with Crippen LogP contribution in [-0.4, -0.2) is 34.1 Å². The van der Waals surface area contributed by atoms with Gasteiger partial charge in [-0.1, -0.05) is 17.3 Å². The molecular formula is C13H10N2O4. The highest BCUT2D eigenvalue weighted by Gasteiger charge is 2.25. The first-order chi connectivity index (χ1) is 9.06. The molecule has 19 heavy (non-hydrogen) atoms. The van der Waals surface area contributed by atoms with Crippen molar-refractivity contribution in [2.75, 3.05) is 7.05 Å². The van der Waals surface area contributed by atoms with Gasteiger partial charge < -0.3 is 14.5 Å². The summed E-state index contributed by atoms with van der Waals surface area (Å²) in [5.74, 6) is -0.857. The van der Waals surface area contributed by atoms with E-state index >= 15 is 0 Å². The van der Waals surface area contributed by atoms with Crippen LogP contribution in [0.25, 0.3) is 11.3 Å². The molecule has 0 spiro atoms. The van der Waals surface area contributed by atoms with Crippen LogP contribution >= 0.6 is 0 Å². The lowest BCUT2D eigenvalue weighted by atomic mass is 10.0. The lowest BCUT2D eigenvalue weighted by molar-refractivity contribution is 0.0685. The largest absolute Gasteiger partial charge is 0.476 e. The number of carboxylic acids is 1. The number of hydrogen-bond acceptors (Lipinski definition) is 4. The fourth-order valence-electron chi connectivity index (χ4n) is 2.11. The summed E-state index contributed by atoms with van der Waals surface area (Å²) in [6, 6.07) is 6.67. The highest BCUT2D eigenvalue weighted by molar-refractivity contribution is 5.99. The molecular weight excluding hydrogens is 248 g/mol. The summed E-state index contributed by atoms with van der Waals surface area (Å²) in [6.45, 7) is 0.589. The molecule has 0 saturated heterocycles. The van der Waals surface area contributed by atoms with E-state index in [1.807, 2.05) is 6.07 Å². The second-order valence-corrected chi connectivity index (χ2v) is 4.41. The predicted octanol–water partition coefficient (Wildman–Crippen LogP) is 1.63. The molecule has 1 aromatic heterocycles. The second-order valence-electron chi connectivity index (χ2n) is 4.41. The van der Waals surface area contributed by atoms with Crippen molar-refractivity contribution in [2.45, 2.75) is 6.54 Å². The van der Waals surface area contributed by atoms with E-state index in [-0.39, 0.29) is 11.6 Å². The van der Waals surface area contributed by atoms with Crippen LogP contribution in [-0.2, 0) is 6.54 Å². The Bertz CT molecular complexity index is 690. The molecule has 2 aromatic rings. The van der Waals surface area contributed by atoms with Crippen LogP contribution in [0.15, 0.2) is 28.8 Å². The van der Waals surface area contributed by atoms with Crippen molar-refractivity contribution < 1.29 is 19.2 Å². The smallest absolute Gasteiger partial charge is 0.358 e. The van der Waals surface area contributed by atoms with Crippen LogP contribution in [0.5, 0.6) is 0 Å². The molecule has 1 N–H and O–H groups in total. The second kappa shape index (κ2) is 3.94. The highest BCUT2D eigenvalue weighted by atomic mass is 16.5. The van der Waals surface area contributed by atoms with Crippen LogP contribution in [0.4, 0.5) is 0 Å². The zero-order valence-electron chi connectivity index (χ0n) is 10.1. The number of hydrogen-bond donors (Lipinski definition) is 1. The Labute approximate surface area is 108 Å². The van der Waals surface area contributed by atoms with Gasteiger partial charge in [0.15, 0.2) is 11.5 Å². The molecule has 1 amide bonds. The number of nitrogens with zero attached hydrogens (tertiary/aromatic N) is 2. The van der Waals surface area contributed by atoms with Gasteiger partial charge in [-0.2, -0.15) is 0 Å². The Morgan fingerprint density at radius 3 is 2.89 bits per heavy atom. The van der Waals surface area contributed by atoms with E-state index in [4.69, 9.17) is 9.63 Å². The van der Waals surface area contributed by atoms with E-state index < -0.39 is 5.97 Å². The Morgan fingerprint density at radius 2 is 2.21 bits per heavy atom. The van der Waals surface area contributed by atoms with E-state index in [0.717, 1.165) is 5.56 Å². The summed E-state index contributed by atoms with van der Waals surface area (Å²) in [6.07, 6.45) is 0. The maximum Gasteiger partial charge on any atom is 0.358 e. The third-order valence-corrected chi connectivity index (χ3v) is 3.11. The molecule has 0 unspecified atom stereocenters. The molecule has 0 bridgehead atoms. The molecule has 6 heteroatoms. The average molecular weight is 258 g/mol. The topological polar surface area (TPSA) is 83.6 Å². The van der Waals surface area contributed by atoms with Gasteiger partial charge in [0.25, 0.3) is 5.91 Å². The normalized spacial score (nSPS) is 13.7. The highest BCUT2D eigenvalue weighted by Crippen LogP contribution is 2.28. The number of aromatic nitrogens is 1. The monoisotopic (exact) mass is 258 g/mol. The van der Waals surface area contributed by atoms with E-state index in [0.29, 0.717) is 23.4 Å². The van der Waals surface area contributed by atoms with Crippen molar-refractivity contribution in [1.29, 1.82) is 0 Å². The zero-order valence-corrected chi connectivity index (χ0v) is 10.1. The summed E-state index contributed by atoms with van der Waals surface area (Å²) in [5.41, 5.74) is 2.06. The predicted molar refractivity (Wildman–Crippen MR) is 64.7 cm³/mol. The van der Waals surface area contributed by atoms with Crippen LogP contribution in [0.2, 0.25) is 0 Å². The molecule has 0 saturated carbocycles. The van der Waals surface area contributed by atoms with Crippen LogP contribution in [0.3, 0.4) is 0 Å². The summed E-state index contributed by atoms with van der Waals surface area (Å²) >= 11 is 0. The maximum absolute atomic E-state index is 11.9. The van der Waals surface area contributed by atoms with Crippen LogP contribution in [0.1, 0.15) is 26.4 Å². The molecule has 96 valence electrons. The van der Waals surface area contributed by atoms with Crippen LogP contribution < -0.4 is 0 Å². The third-order valence-electron chi connectivity index (χ3n) is 3.11. The summed E-state index contributed by atoms with van der Waals surface area (Å²) < 4.78 is 4.98. The van der Waals surface area contributed by atoms with Crippen molar-refractivity contribution in [3.8, 4) is 11.3 Å². The number of carbonyl (C=O) groups is 2. The van der Waals surface area contributed by atoms with Gasteiger partial charge in [-0.05, 0) is 11.6 Å². The van der Waals surface area contributed by atoms with E-state index in [1.165, 1.54) is 6.07 Å². The molecule has 6 nitrogen and oxygen atoms in total. The number of fused-ring (bicyclic) bond motifs is 1. The Hall–Kier alpha value is -2.63. The average Bonchev–Trinajstić information content (AvgIpc) is 2.96. The molecule has 1 aliphatic heterocycles. The lowest BCUT2D eigenvalue weighted by Gasteiger charge is -2.04. The standard InChI is InChI=1S/C13H10N2O4/c1-15-6-8-3-2-7(4-9(8)12(15)16)11-5-10(13(17)18)14-19-11/h2-5H,6H2,1H3,(H,17,18). The van der Waals surface area contributed by atoms with Gasteiger partial charge in [0.1, 0.15) is 0 Å². The minimum atomic E-state index is -1.15. The molecule has 2 heterocycles. The Kier molecular flexibility index (Phi) is 2.38. The first kappa shape index (κ1) is 11.5. The van der Waals surface area contributed by atoms with E-state index in [2.05, 4.69) is 5.16 Å². The fourth-order valence-corrected chi connectivity index (χ4v) is 2.11. The first-order valence-corrected chi connectivity index (χ1v) is 5.65. The number of benzene rings is 1. The summed E-state index contributed by atoms with van der Waals surface area (Å²) in [4.78, 5) is 24.2. The minimum Gasteiger partial charge on any atom is -0.476 e. The minimum absolute atomic E-state index is 0.0465. The molecule has 1 aliphatic rings. The number of carboxylic acid groups (broad SMARTS) is 1. The van der Waals surface area contributed by atoms with Crippen molar-refractivity contribution in [3.63, 3.8) is 0 Å². The van der Waals surface area contributed by atoms with Crippen molar-refractivity contribution in [1.82, 2.24) is 10.1 Å². The van der Waals surface area contributed by atoms with Gasteiger partial charge in [-0.3, -0.25) is 4.79 Å². The molecule has 1 aromatic carbocycles. The molecule has 0 radical (unpaired) electrons. The van der Waals surface area contributed by atoms with Gasteiger partial charge in [-0.25, -0.2) is 4.79 Å². The summed E-state index contributed by atoms with van der Waals surface area (Å²) in [7, 11) is 1.74. The van der Waals surface area contributed by atoms with Crippen molar-refractivity contribution >= 4 is 11.9 Å². The van der Waals surface area contributed by atoms with Gasteiger partial charge >= 0.3 is 5.97 Å². The van der Waals surface area contributed by atoms with Gasteiger partial charge in [-0.15, -0.1) is 0 Å². The van der Waals surface area contributed by atoms with Crippen LogP contribution in [0, 0.1) is 0 Å². The quantitative estimate of drug-likeness (QED) is 0.884. The van der Waals surface area contributed by atoms with Gasteiger partial charge in [0.2, 0.25) is 0 Å². The zero-order chi connectivity index (χ0) is 13.6. The number of aromatic carboxylic acids is 1. The Balaban J connectivity index is 2.03. The molecule has 0 fully saturated rings. The van der Waals surface area contributed by atoms with Crippen molar-refractivity contribution in [3.05, 3.63) is 41.1 Å². The third kappa shape index (κ3) is 1.77. The van der Waals surface area contributed by atoms with Gasteiger partial charge in [0.05, 0.1) is 0 Å². The van der Waals surface area contributed by atoms with E-state index in [9.17, 15) is 9.59 Å². The van der Waals surface area contributed by atoms with Crippen molar-refractivity contribution in [2.24, 2.45) is 0 Å². The SMILES string of the molecule is CN1Cc2ccc(-c3cc(C(=O)O)no3)cc2C1=O. The number of rotatable bonds is 2. The molecule has 3 rings (SSSR count). The summed E-state index contributed by atoms with van der Waals surface area (Å²) in [5, 5.41) is 12.2. The fraction of sp³-hybridized carbons (Fsp3) is 0.154. The van der Waals surface area contributed by atoms with E-state index in [1.54, 1.807) is 24.1 Å².